The number of rotatable bonds is 3. The highest BCUT2D eigenvalue weighted by molar-refractivity contribution is 6.13. The Labute approximate surface area is 133 Å². The highest BCUT2D eigenvalue weighted by atomic mass is 35.5. The van der Waals surface area contributed by atoms with Gasteiger partial charge in [0.15, 0.2) is 11.7 Å². The number of alkyl halides is 4. The van der Waals surface area contributed by atoms with E-state index in [0.717, 1.165) is 13.1 Å². The highest BCUT2D eigenvalue weighted by Crippen LogP contribution is 2.51. The summed E-state index contributed by atoms with van der Waals surface area (Å²) in [4.78, 5) is 11.0. The number of carboxylic acid groups (broad SMARTS) is 1. The van der Waals surface area contributed by atoms with E-state index in [9.17, 15) is 23.1 Å². The van der Waals surface area contributed by atoms with Crippen molar-refractivity contribution < 1.29 is 32.6 Å². The number of nitrogens with zero attached hydrogens (tertiary/aromatic N) is 2. The summed E-state index contributed by atoms with van der Waals surface area (Å²) in [6, 6.07) is 0.383. The monoisotopic (exact) mass is 356 g/mol. The van der Waals surface area contributed by atoms with Gasteiger partial charge in [-0.05, 0) is 29.5 Å². The number of aliphatic hydroxyl groups is 1. The van der Waals surface area contributed by atoms with Gasteiger partial charge in [-0.1, -0.05) is 12.1 Å². The lowest BCUT2D eigenvalue weighted by molar-refractivity contribution is -0.211. The van der Waals surface area contributed by atoms with Crippen molar-refractivity contribution in [2.24, 2.45) is 0 Å². The standard InChI is InChI=1S/C13H13ClF4N2O3/c1-19-11(13(16,17)18)12(15,6-21)9(20(19)14)7-3-2-4-8(5-7)10(22)23/h2-5,9,11,21H,6H2,1H3,(H,22,23). The number of hydrogen-bond donors (Lipinski definition) is 2. The lowest BCUT2D eigenvalue weighted by atomic mass is 9.86. The largest absolute Gasteiger partial charge is 0.478 e. The van der Waals surface area contributed by atoms with E-state index in [-0.39, 0.29) is 11.1 Å². The predicted molar refractivity (Wildman–Crippen MR) is 72.4 cm³/mol. The van der Waals surface area contributed by atoms with Crippen molar-refractivity contribution in [3.05, 3.63) is 35.4 Å². The molecule has 0 aromatic heterocycles. The molecule has 0 radical (unpaired) electrons. The van der Waals surface area contributed by atoms with E-state index in [1.165, 1.54) is 18.2 Å². The topological polar surface area (TPSA) is 64.0 Å². The Bertz CT molecular complexity index is 615. The Morgan fingerprint density at radius 3 is 2.52 bits per heavy atom. The van der Waals surface area contributed by atoms with Gasteiger partial charge in [0.2, 0.25) is 0 Å². The van der Waals surface area contributed by atoms with Gasteiger partial charge in [0.1, 0.15) is 6.04 Å². The normalized spacial score (nSPS) is 29.9. The number of carbonyl (C=O) groups is 1. The Morgan fingerprint density at radius 1 is 1.43 bits per heavy atom. The van der Waals surface area contributed by atoms with Gasteiger partial charge in [-0.2, -0.15) is 13.2 Å². The summed E-state index contributed by atoms with van der Waals surface area (Å²) < 4.78 is 55.2. The molecule has 1 aromatic carbocycles. The zero-order chi connectivity index (χ0) is 17.6. The molecule has 0 spiro atoms. The van der Waals surface area contributed by atoms with Crippen LogP contribution in [0.3, 0.4) is 0 Å². The second kappa shape index (κ2) is 5.90. The molecular weight excluding hydrogens is 344 g/mol. The minimum Gasteiger partial charge on any atom is -0.478 e. The average molecular weight is 357 g/mol. The fraction of sp³-hybridized carbons (Fsp3) is 0.462. The minimum atomic E-state index is -4.99. The molecule has 23 heavy (non-hydrogen) atoms. The summed E-state index contributed by atoms with van der Waals surface area (Å²) in [5, 5.41) is 18.7. The summed E-state index contributed by atoms with van der Waals surface area (Å²) in [6.45, 7) is -1.44. The van der Waals surface area contributed by atoms with Crippen LogP contribution >= 0.6 is 11.8 Å². The molecule has 1 heterocycles. The third kappa shape index (κ3) is 2.89. The van der Waals surface area contributed by atoms with Gasteiger partial charge >= 0.3 is 12.1 Å². The van der Waals surface area contributed by atoms with E-state index in [2.05, 4.69) is 0 Å². The molecule has 128 valence electrons. The van der Waals surface area contributed by atoms with Crippen molar-refractivity contribution in [2.45, 2.75) is 23.9 Å². The predicted octanol–water partition coefficient (Wildman–Crippen LogP) is 2.37. The number of aliphatic hydroxyl groups excluding tert-OH is 1. The van der Waals surface area contributed by atoms with Crippen LogP contribution in [0.1, 0.15) is 22.0 Å². The van der Waals surface area contributed by atoms with Crippen LogP contribution in [0.2, 0.25) is 0 Å². The zero-order valence-corrected chi connectivity index (χ0v) is 12.5. The van der Waals surface area contributed by atoms with E-state index in [4.69, 9.17) is 16.9 Å². The van der Waals surface area contributed by atoms with Crippen LogP contribution in [0.25, 0.3) is 0 Å². The quantitative estimate of drug-likeness (QED) is 0.643. The van der Waals surface area contributed by atoms with E-state index < -0.39 is 36.5 Å². The van der Waals surface area contributed by atoms with E-state index >= 15 is 4.39 Å². The molecule has 2 rings (SSSR count). The van der Waals surface area contributed by atoms with Crippen molar-refractivity contribution in [2.75, 3.05) is 13.7 Å². The summed E-state index contributed by atoms with van der Waals surface area (Å²) in [7, 11) is 0.941. The van der Waals surface area contributed by atoms with Gasteiger partial charge in [-0.3, -0.25) is 0 Å². The molecule has 1 aromatic rings. The van der Waals surface area contributed by atoms with Crippen molar-refractivity contribution in [3.8, 4) is 0 Å². The second-order valence-electron chi connectivity index (χ2n) is 5.22. The number of aromatic carboxylic acids is 1. The van der Waals surface area contributed by atoms with Gasteiger partial charge in [-0.25, -0.2) is 14.2 Å². The molecule has 10 heteroatoms. The van der Waals surface area contributed by atoms with Crippen molar-refractivity contribution in [3.63, 3.8) is 0 Å². The van der Waals surface area contributed by atoms with Crippen LogP contribution in [-0.2, 0) is 0 Å². The molecule has 0 aliphatic carbocycles. The van der Waals surface area contributed by atoms with E-state index in [1.54, 1.807) is 0 Å². The Morgan fingerprint density at radius 2 is 2.04 bits per heavy atom. The number of carboxylic acids is 1. The molecule has 2 N–H and O–H groups in total. The fourth-order valence-corrected chi connectivity index (χ4v) is 3.19. The number of hydrogen-bond acceptors (Lipinski definition) is 4. The Balaban J connectivity index is 2.57. The highest BCUT2D eigenvalue weighted by Gasteiger charge is 2.68. The van der Waals surface area contributed by atoms with Crippen LogP contribution in [0, 0.1) is 0 Å². The molecule has 5 nitrogen and oxygen atoms in total. The van der Waals surface area contributed by atoms with Crippen LogP contribution in [0.4, 0.5) is 17.6 Å². The Kier molecular flexibility index (Phi) is 4.60. The van der Waals surface area contributed by atoms with E-state index in [0.29, 0.717) is 9.54 Å². The SMILES string of the molecule is CN1C(C(F)(F)F)C(F)(CO)C(c2cccc(C(=O)O)c2)N1Cl. The zero-order valence-electron chi connectivity index (χ0n) is 11.8. The molecule has 0 amide bonds. The fourth-order valence-electron chi connectivity index (χ4n) is 2.83. The van der Waals surface area contributed by atoms with Gasteiger partial charge in [-0.15, -0.1) is 4.53 Å². The number of hydrazine groups is 1. The lowest BCUT2D eigenvalue weighted by Crippen LogP contribution is -2.53. The molecule has 1 fully saturated rings. The van der Waals surface area contributed by atoms with Crippen molar-refractivity contribution in [1.29, 1.82) is 0 Å². The summed E-state index contributed by atoms with van der Waals surface area (Å²) in [6.07, 6.45) is -4.99. The lowest BCUT2D eigenvalue weighted by Gasteiger charge is -2.31. The maximum atomic E-state index is 15.1. The molecule has 1 aliphatic rings. The molecule has 0 saturated carbocycles. The van der Waals surface area contributed by atoms with Gasteiger partial charge in [0.25, 0.3) is 0 Å². The maximum Gasteiger partial charge on any atom is 0.408 e. The number of halogens is 5. The van der Waals surface area contributed by atoms with Gasteiger partial charge < -0.3 is 10.2 Å². The van der Waals surface area contributed by atoms with Crippen molar-refractivity contribution in [1.82, 2.24) is 9.54 Å². The van der Waals surface area contributed by atoms with Crippen LogP contribution in [0.5, 0.6) is 0 Å². The number of benzene rings is 1. The first-order valence-corrected chi connectivity index (χ1v) is 6.75. The molecular formula is C13H13ClF4N2O3. The van der Waals surface area contributed by atoms with Gasteiger partial charge in [0, 0.05) is 7.05 Å². The first-order chi connectivity index (χ1) is 10.5. The Hall–Kier alpha value is -1.42. The van der Waals surface area contributed by atoms with Gasteiger partial charge in [0.05, 0.1) is 12.2 Å². The van der Waals surface area contributed by atoms with Crippen LogP contribution < -0.4 is 0 Å². The summed E-state index contributed by atoms with van der Waals surface area (Å²) in [5.74, 6) is -1.32. The maximum absolute atomic E-state index is 15.1. The summed E-state index contributed by atoms with van der Waals surface area (Å²) >= 11 is 5.82. The second-order valence-corrected chi connectivity index (χ2v) is 5.57. The van der Waals surface area contributed by atoms with Crippen molar-refractivity contribution >= 4 is 17.7 Å². The molecule has 1 aliphatic heterocycles. The molecule has 1 saturated heterocycles. The average Bonchev–Trinajstić information content (AvgIpc) is 2.66. The summed E-state index contributed by atoms with van der Waals surface area (Å²) in [5.41, 5.74) is -3.48. The minimum absolute atomic E-state index is 0.0879. The van der Waals surface area contributed by atoms with Crippen LogP contribution in [-0.4, -0.2) is 57.3 Å². The first kappa shape index (κ1) is 17.9. The first-order valence-electron chi connectivity index (χ1n) is 6.41. The molecule has 3 atom stereocenters. The third-order valence-electron chi connectivity index (χ3n) is 3.80. The third-order valence-corrected chi connectivity index (χ3v) is 4.23. The van der Waals surface area contributed by atoms with Crippen LogP contribution in [0.15, 0.2) is 24.3 Å². The molecule has 0 bridgehead atoms. The smallest absolute Gasteiger partial charge is 0.408 e. The molecule has 3 unspecified atom stereocenters. The van der Waals surface area contributed by atoms with E-state index in [1.807, 2.05) is 0 Å².